The van der Waals surface area contributed by atoms with Crippen LogP contribution in [0.25, 0.3) is 0 Å². The summed E-state index contributed by atoms with van der Waals surface area (Å²) in [7, 11) is -3.42. The van der Waals surface area contributed by atoms with Gasteiger partial charge in [-0.15, -0.1) is 11.6 Å². The van der Waals surface area contributed by atoms with Gasteiger partial charge in [0.1, 0.15) is 0 Å². The third-order valence-electron chi connectivity index (χ3n) is 2.87. The molecule has 0 heterocycles. The third-order valence-corrected chi connectivity index (χ3v) is 5.66. The first-order valence-corrected chi connectivity index (χ1v) is 8.08. The number of halogens is 2. The number of hydrogen-bond donors (Lipinski definition) is 1. The summed E-state index contributed by atoms with van der Waals surface area (Å²) in [4.78, 5) is 0.279. The van der Waals surface area contributed by atoms with E-state index in [1.807, 2.05) is 0 Å². The van der Waals surface area contributed by atoms with Gasteiger partial charge in [-0.25, -0.2) is 13.1 Å². The largest absolute Gasteiger partial charge is 0.241 e. The van der Waals surface area contributed by atoms with Crippen LogP contribution in [0, 0.1) is 5.92 Å². The summed E-state index contributed by atoms with van der Waals surface area (Å²) >= 11 is 9.09. The van der Waals surface area contributed by atoms with Crippen molar-refractivity contribution in [2.45, 2.75) is 23.1 Å². The van der Waals surface area contributed by atoms with E-state index >= 15 is 0 Å². The van der Waals surface area contributed by atoms with Crippen LogP contribution >= 0.6 is 27.5 Å². The van der Waals surface area contributed by atoms with Gasteiger partial charge >= 0.3 is 0 Å². The van der Waals surface area contributed by atoms with Crippen LogP contribution in [0.4, 0.5) is 0 Å². The molecular formula is C11H13BrClNO2S. The summed E-state index contributed by atoms with van der Waals surface area (Å²) < 4.78 is 27.2. The highest BCUT2D eigenvalue weighted by Crippen LogP contribution is 2.31. The van der Waals surface area contributed by atoms with Crippen LogP contribution < -0.4 is 4.72 Å². The normalized spacial score (nSPS) is 24.4. The molecule has 1 fully saturated rings. The molecule has 0 spiro atoms. The molecule has 1 aliphatic rings. The zero-order valence-electron chi connectivity index (χ0n) is 9.07. The minimum Gasteiger partial charge on any atom is -0.211 e. The fourth-order valence-corrected chi connectivity index (χ4v) is 4.41. The number of rotatable bonds is 4. The van der Waals surface area contributed by atoms with Gasteiger partial charge in [-0.05, 0) is 46.8 Å². The maximum Gasteiger partial charge on any atom is 0.241 e. The molecule has 3 nitrogen and oxygen atoms in total. The Morgan fingerprint density at radius 1 is 1.35 bits per heavy atom. The predicted molar refractivity (Wildman–Crippen MR) is 71.7 cm³/mol. The molecule has 0 aromatic heterocycles. The van der Waals surface area contributed by atoms with Crippen molar-refractivity contribution in [2.24, 2.45) is 5.92 Å². The second kappa shape index (κ2) is 5.26. The van der Waals surface area contributed by atoms with Crippen molar-refractivity contribution in [3.63, 3.8) is 0 Å². The number of nitrogens with one attached hydrogen (secondary N) is 1. The predicted octanol–water partition coefficient (Wildman–Crippen LogP) is 2.74. The molecule has 94 valence electrons. The van der Waals surface area contributed by atoms with Crippen molar-refractivity contribution in [1.29, 1.82) is 0 Å². The summed E-state index contributed by atoms with van der Waals surface area (Å²) in [5, 5.41) is 0.216. The van der Waals surface area contributed by atoms with Gasteiger partial charge in [0.15, 0.2) is 0 Å². The average Bonchev–Trinajstić information content (AvgIpc) is 2.23. The third kappa shape index (κ3) is 3.22. The first kappa shape index (κ1) is 13.3. The molecule has 2 rings (SSSR count). The van der Waals surface area contributed by atoms with Gasteiger partial charge in [0, 0.05) is 16.4 Å². The molecular weight excluding hydrogens is 326 g/mol. The molecule has 17 heavy (non-hydrogen) atoms. The maximum absolute atomic E-state index is 12.0. The van der Waals surface area contributed by atoms with Crippen LogP contribution in [0.3, 0.4) is 0 Å². The van der Waals surface area contributed by atoms with Crippen molar-refractivity contribution in [1.82, 2.24) is 4.72 Å². The van der Waals surface area contributed by atoms with E-state index in [1.54, 1.807) is 24.3 Å². The number of alkyl halides is 1. The van der Waals surface area contributed by atoms with Crippen molar-refractivity contribution in [3.05, 3.63) is 28.7 Å². The van der Waals surface area contributed by atoms with Crippen LogP contribution in [0.5, 0.6) is 0 Å². The molecule has 0 bridgehead atoms. The zero-order chi connectivity index (χ0) is 12.5. The Bertz CT molecular complexity index is 500. The van der Waals surface area contributed by atoms with E-state index < -0.39 is 10.0 Å². The van der Waals surface area contributed by atoms with Crippen LogP contribution in [-0.4, -0.2) is 20.3 Å². The monoisotopic (exact) mass is 337 g/mol. The smallest absolute Gasteiger partial charge is 0.211 e. The van der Waals surface area contributed by atoms with Crippen molar-refractivity contribution >= 4 is 37.6 Å². The van der Waals surface area contributed by atoms with Crippen molar-refractivity contribution < 1.29 is 8.42 Å². The Morgan fingerprint density at radius 3 is 2.59 bits per heavy atom. The van der Waals surface area contributed by atoms with E-state index in [-0.39, 0.29) is 10.3 Å². The Labute approximate surface area is 115 Å². The first-order valence-electron chi connectivity index (χ1n) is 5.37. The Hall–Kier alpha value is -0.100. The van der Waals surface area contributed by atoms with E-state index in [0.29, 0.717) is 16.9 Å². The number of sulfonamides is 1. The van der Waals surface area contributed by atoms with Gasteiger partial charge in [-0.1, -0.05) is 12.1 Å². The van der Waals surface area contributed by atoms with Gasteiger partial charge in [-0.2, -0.15) is 0 Å². The van der Waals surface area contributed by atoms with Gasteiger partial charge < -0.3 is 0 Å². The Kier molecular flexibility index (Phi) is 4.13. The molecule has 0 aliphatic heterocycles. The van der Waals surface area contributed by atoms with E-state index in [9.17, 15) is 8.42 Å². The van der Waals surface area contributed by atoms with Gasteiger partial charge in [0.25, 0.3) is 0 Å². The highest BCUT2D eigenvalue weighted by Gasteiger charge is 2.28. The molecule has 6 heteroatoms. The molecule has 1 aliphatic carbocycles. The summed E-state index contributed by atoms with van der Waals surface area (Å²) in [6.45, 7) is 0.465. The summed E-state index contributed by atoms with van der Waals surface area (Å²) in [6, 6.07) is 6.79. The van der Waals surface area contributed by atoms with Gasteiger partial charge in [0.05, 0.1) is 4.90 Å². The molecule has 0 atom stereocenters. The lowest BCUT2D eigenvalue weighted by Crippen LogP contribution is -2.36. The second-order valence-electron chi connectivity index (χ2n) is 4.22. The maximum atomic E-state index is 12.0. The van der Waals surface area contributed by atoms with E-state index in [2.05, 4.69) is 20.7 Å². The minimum absolute atomic E-state index is 0.216. The summed E-state index contributed by atoms with van der Waals surface area (Å²) in [6.07, 6.45) is 1.78. The molecule has 0 amide bonds. The molecule has 0 radical (unpaired) electrons. The lowest BCUT2D eigenvalue weighted by atomic mass is 9.85. The molecule has 1 N–H and O–H groups in total. The van der Waals surface area contributed by atoms with Crippen LogP contribution in [0.1, 0.15) is 12.8 Å². The van der Waals surface area contributed by atoms with E-state index in [1.165, 1.54) is 0 Å². The Balaban J connectivity index is 2.02. The van der Waals surface area contributed by atoms with Crippen LogP contribution in [0.2, 0.25) is 0 Å². The lowest BCUT2D eigenvalue weighted by Gasteiger charge is -2.30. The quantitative estimate of drug-likeness (QED) is 0.858. The number of hydrogen-bond acceptors (Lipinski definition) is 2. The van der Waals surface area contributed by atoms with Gasteiger partial charge in [0.2, 0.25) is 10.0 Å². The van der Waals surface area contributed by atoms with Gasteiger partial charge in [-0.3, -0.25) is 0 Å². The molecule has 0 unspecified atom stereocenters. The Morgan fingerprint density at radius 2 is 2.00 bits per heavy atom. The topological polar surface area (TPSA) is 46.2 Å². The van der Waals surface area contributed by atoms with E-state index in [0.717, 1.165) is 12.8 Å². The standard InChI is InChI=1S/C11H13BrClNO2S/c12-10-3-1-2-4-11(10)17(15,16)14-7-8-5-9(13)6-8/h1-4,8-9,14H,5-7H2. The molecule has 1 aromatic rings. The average molecular weight is 339 g/mol. The summed E-state index contributed by atoms with van der Waals surface area (Å²) in [5.74, 6) is 0.370. The number of benzene rings is 1. The highest BCUT2D eigenvalue weighted by molar-refractivity contribution is 9.10. The molecule has 1 saturated carbocycles. The van der Waals surface area contributed by atoms with Crippen LogP contribution in [0.15, 0.2) is 33.6 Å². The SMILES string of the molecule is O=S(=O)(NCC1CC(Cl)C1)c1ccccc1Br. The van der Waals surface area contributed by atoms with Crippen LogP contribution in [-0.2, 0) is 10.0 Å². The minimum atomic E-state index is -3.42. The first-order chi connectivity index (χ1) is 7.99. The lowest BCUT2D eigenvalue weighted by molar-refractivity contribution is 0.324. The fourth-order valence-electron chi connectivity index (χ4n) is 1.79. The highest BCUT2D eigenvalue weighted by atomic mass is 79.9. The summed E-state index contributed by atoms with van der Waals surface area (Å²) in [5.41, 5.74) is 0. The molecule has 1 aromatic carbocycles. The zero-order valence-corrected chi connectivity index (χ0v) is 12.2. The fraction of sp³-hybridized carbons (Fsp3) is 0.455. The van der Waals surface area contributed by atoms with Crippen molar-refractivity contribution in [3.8, 4) is 0 Å². The molecule has 0 saturated heterocycles. The van der Waals surface area contributed by atoms with Crippen molar-refractivity contribution in [2.75, 3.05) is 6.54 Å². The van der Waals surface area contributed by atoms with E-state index in [4.69, 9.17) is 11.6 Å². The second-order valence-corrected chi connectivity index (χ2v) is 7.42.